The van der Waals surface area contributed by atoms with Gasteiger partial charge in [0.05, 0.1) is 0 Å². The van der Waals surface area contributed by atoms with Crippen molar-refractivity contribution < 1.29 is 9.53 Å². The van der Waals surface area contributed by atoms with E-state index >= 15 is 0 Å². The van der Waals surface area contributed by atoms with E-state index in [1.54, 1.807) is 42.6 Å². The molecule has 0 atom stereocenters. The zero-order valence-electron chi connectivity index (χ0n) is 17.5. The minimum atomic E-state index is -0.155. The van der Waals surface area contributed by atoms with Crippen LogP contribution >= 0.6 is 11.6 Å². The van der Waals surface area contributed by atoms with E-state index in [1.807, 2.05) is 0 Å². The van der Waals surface area contributed by atoms with Crippen LogP contribution in [-0.2, 0) is 0 Å². The molecule has 0 aliphatic carbocycles. The van der Waals surface area contributed by atoms with Crippen molar-refractivity contribution in [1.82, 2.24) is 10.3 Å². The summed E-state index contributed by atoms with van der Waals surface area (Å²) >= 11 is 5.90. The maximum absolute atomic E-state index is 12.5. The molecule has 0 bridgehead atoms. The van der Waals surface area contributed by atoms with Crippen LogP contribution in [0.1, 0.15) is 81.5 Å². The number of pyridine rings is 1. The van der Waals surface area contributed by atoms with Gasteiger partial charge in [0.1, 0.15) is 11.3 Å². The highest BCUT2D eigenvalue weighted by Gasteiger charge is 2.13. The Hall–Kier alpha value is -2.07. The molecule has 1 aromatic carbocycles. The summed E-state index contributed by atoms with van der Waals surface area (Å²) in [5, 5.41) is 3.61. The molecular formula is C24H33ClN2O2. The van der Waals surface area contributed by atoms with Gasteiger partial charge in [-0.3, -0.25) is 4.79 Å². The molecule has 0 aliphatic rings. The van der Waals surface area contributed by atoms with E-state index in [4.69, 9.17) is 16.3 Å². The average molecular weight is 417 g/mol. The van der Waals surface area contributed by atoms with Crippen molar-refractivity contribution in [3.63, 3.8) is 0 Å². The number of nitrogens with zero attached hydrogens (tertiary/aromatic N) is 1. The number of hydrogen-bond acceptors (Lipinski definition) is 3. The van der Waals surface area contributed by atoms with Crippen molar-refractivity contribution in [3.05, 3.63) is 53.2 Å². The fourth-order valence-electron chi connectivity index (χ4n) is 3.17. The molecule has 4 nitrogen and oxygen atoms in total. The van der Waals surface area contributed by atoms with Crippen LogP contribution in [0, 0.1) is 0 Å². The van der Waals surface area contributed by atoms with E-state index in [1.165, 1.54) is 51.4 Å². The number of halogens is 1. The molecule has 29 heavy (non-hydrogen) atoms. The molecule has 0 spiro atoms. The first-order valence-corrected chi connectivity index (χ1v) is 11.2. The molecule has 0 unspecified atom stereocenters. The van der Waals surface area contributed by atoms with Crippen LogP contribution in [-0.4, -0.2) is 17.4 Å². The monoisotopic (exact) mass is 416 g/mol. The molecule has 1 amide bonds. The second kappa shape index (κ2) is 14.0. The molecule has 0 radical (unpaired) electrons. The molecule has 2 rings (SSSR count). The quantitative estimate of drug-likeness (QED) is 0.332. The van der Waals surface area contributed by atoms with Gasteiger partial charge in [0.25, 0.3) is 5.91 Å². The van der Waals surface area contributed by atoms with Gasteiger partial charge in [0.15, 0.2) is 0 Å². The highest BCUT2D eigenvalue weighted by molar-refractivity contribution is 6.30. The normalized spacial score (nSPS) is 10.7. The minimum Gasteiger partial charge on any atom is -0.438 e. The molecule has 0 aliphatic heterocycles. The lowest BCUT2D eigenvalue weighted by molar-refractivity contribution is 0.0950. The molecular weight excluding hydrogens is 384 g/mol. The number of hydrogen-bond donors (Lipinski definition) is 1. The Morgan fingerprint density at radius 2 is 1.55 bits per heavy atom. The Bertz CT molecular complexity index is 719. The summed E-state index contributed by atoms with van der Waals surface area (Å²) in [5.41, 5.74) is 0.439. The SMILES string of the molecule is CCCCCCCCCCCCNC(=O)c1cccnc1Oc1ccc(Cl)cc1. The lowest BCUT2D eigenvalue weighted by Crippen LogP contribution is -2.25. The van der Waals surface area contributed by atoms with E-state index in [-0.39, 0.29) is 5.91 Å². The number of aromatic nitrogens is 1. The highest BCUT2D eigenvalue weighted by atomic mass is 35.5. The fourth-order valence-corrected chi connectivity index (χ4v) is 3.29. The first kappa shape index (κ1) is 23.2. The highest BCUT2D eigenvalue weighted by Crippen LogP contribution is 2.24. The second-order valence-electron chi connectivity index (χ2n) is 7.35. The third kappa shape index (κ3) is 9.31. The number of carbonyl (C=O) groups excluding carboxylic acids is 1. The summed E-state index contributed by atoms with van der Waals surface area (Å²) in [7, 11) is 0. The van der Waals surface area contributed by atoms with Gasteiger partial charge in [-0.25, -0.2) is 4.98 Å². The summed E-state index contributed by atoms with van der Waals surface area (Å²) < 4.78 is 5.76. The zero-order valence-corrected chi connectivity index (χ0v) is 18.2. The maximum atomic E-state index is 12.5. The van der Waals surface area contributed by atoms with Crippen LogP contribution in [0.15, 0.2) is 42.6 Å². The van der Waals surface area contributed by atoms with Crippen LogP contribution < -0.4 is 10.1 Å². The van der Waals surface area contributed by atoms with Gasteiger partial charge in [0, 0.05) is 17.8 Å². The molecule has 0 saturated carbocycles. The first-order chi connectivity index (χ1) is 14.2. The zero-order chi connectivity index (χ0) is 20.7. The number of unbranched alkanes of at least 4 members (excludes halogenated alkanes) is 9. The van der Waals surface area contributed by atoms with Crippen LogP contribution in [0.25, 0.3) is 0 Å². The summed E-state index contributed by atoms with van der Waals surface area (Å²) in [6.45, 7) is 2.92. The Morgan fingerprint density at radius 1 is 0.931 bits per heavy atom. The van der Waals surface area contributed by atoms with Crippen LogP contribution in [0.3, 0.4) is 0 Å². The minimum absolute atomic E-state index is 0.155. The summed E-state index contributed by atoms with van der Waals surface area (Å²) in [4.78, 5) is 16.7. The van der Waals surface area contributed by atoms with Crippen LogP contribution in [0.5, 0.6) is 11.6 Å². The molecule has 1 aromatic heterocycles. The van der Waals surface area contributed by atoms with E-state index < -0.39 is 0 Å². The lowest BCUT2D eigenvalue weighted by Gasteiger charge is -2.10. The number of nitrogens with one attached hydrogen (secondary N) is 1. The maximum Gasteiger partial charge on any atom is 0.256 e. The molecule has 0 saturated heterocycles. The van der Waals surface area contributed by atoms with E-state index in [2.05, 4.69) is 17.2 Å². The Morgan fingerprint density at radius 3 is 2.21 bits per heavy atom. The van der Waals surface area contributed by atoms with Gasteiger partial charge in [-0.1, -0.05) is 76.3 Å². The van der Waals surface area contributed by atoms with Gasteiger partial charge < -0.3 is 10.1 Å². The standard InChI is InChI=1S/C24H33ClN2O2/c1-2-3-4-5-6-7-8-9-10-11-18-26-23(28)22-13-12-19-27-24(22)29-21-16-14-20(25)15-17-21/h12-17,19H,2-11,18H2,1H3,(H,26,28). The summed E-state index contributed by atoms with van der Waals surface area (Å²) in [6, 6.07) is 10.5. The average Bonchev–Trinajstić information content (AvgIpc) is 2.74. The lowest BCUT2D eigenvalue weighted by atomic mass is 10.1. The Labute approximate surface area is 180 Å². The van der Waals surface area contributed by atoms with E-state index in [0.29, 0.717) is 28.8 Å². The number of carbonyl (C=O) groups is 1. The number of benzene rings is 1. The number of rotatable bonds is 14. The van der Waals surface area contributed by atoms with Gasteiger partial charge in [-0.15, -0.1) is 0 Å². The summed E-state index contributed by atoms with van der Waals surface area (Å²) in [5.74, 6) is 0.741. The van der Waals surface area contributed by atoms with Crippen molar-refractivity contribution in [2.45, 2.75) is 71.1 Å². The van der Waals surface area contributed by atoms with Crippen molar-refractivity contribution in [2.75, 3.05) is 6.54 Å². The molecule has 0 fully saturated rings. The van der Waals surface area contributed by atoms with Crippen molar-refractivity contribution in [2.24, 2.45) is 0 Å². The molecule has 2 aromatic rings. The van der Waals surface area contributed by atoms with Gasteiger partial charge >= 0.3 is 0 Å². The van der Waals surface area contributed by atoms with Crippen LogP contribution in [0.4, 0.5) is 0 Å². The fraction of sp³-hybridized carbons (Fsp3) is 0.500. The van der Waals surface area contributed by atoms with Crippen molar-refractivity contribution in [1.29, 1.82) is 0 Å². The Balaban J connectivity index is 1.66. The predicted molar refractivity (Wildman–Crippen MR) is 120 cm³/mol. The Kier molecular flexibility index (Phi) is 11.2. The summed E-state index contributed by atoms with van der Waals surface area (Å²) in [6.07, 6.45) is 14.4. The topological polar surface area (TPSA) is 51.2 Å². The third-order valence-corrected chi connectivity index (χ3v) is 5.11. The van der Waals surface area contributed by atoms with Gasteiger partial charge in [-0.2, -0.15) is 0 Å². The smallest absolute Gasteiger partial charge is 0.256 e. The largest absolute Gasteiger partial charge is 0.438 e. The van der Waals surface area contributed by atoms with Crippen molar-refractivity contribution >= 4 is 17.5 Å². The molecule has 1 heterocycles. The number of amides is 1. The van der Waals surface area contributed by atoms with E-state index in [0.717, 1.165) is 12.8 Å². The second-order valence-corrected chi connectivity index (χ2v) is 7.79. The van der Waals surface area contributed by atoms with E-state index in [9.17, 15) is 4.79 Å². The predicted octanol–water partition coefficient (Wildman–Crippen LogP) is 7.18. The third-order valence-electron chi connectivity index (χ3n) is 4.86. The molecule has 5 heteroatoms. The van der Waals surface area contributed by atoms with Crippen molar-refractivity contribution in [3.8, 4) is 11.6 Å². The molecule has 1 N–H and O–H groups in total. The number of ether oxygens (including phenoxy) is 1. The van der Waals surface area contributed by atoms with Gasteiger partial charge in [-0.05, 0) is 42.8 Å². The van der Waals surface area contributed by atoms with Crippen LogP contribution in [0.2, 0.25) is 5.02 Å². The molecule has 158 valence electrons. The van der Waals surface area contributed by atoms with Gasteiger partial charge in [0.2, 0.25) is 5.88 Å². The first-order valence-electron chi connectivity index (χ1n) is 10.9.